The molecular formula is C30H43N5O4Si. The van der Waals surface area contributed by atoms with Gasteiger partial charge in [-0.05, 0) is 61.0 Å². The summed E-state index contributed by atoms with van der Waals surface area (Å²) >= 11 is 0. The van der Waals surface area contributed by atoms with E-state index < -0.39 is 26.1 Å². The number of likely N-dealkylation sites (tertiary alicyclic amines) is 1. The van der Waals surface area contributed by atoms with E-state index >= 15 is 0 Å². The van der Waals surface area contributed by atoms with Gasteiger partial charge in [-0.2, -0.15) is 0 Å². The van der Waals surface area contributed by atoms with Gasteiger partial charge in [-0.3, -0.25) is 9.69 Å². The third-order valence-corrected chi connectivity index (χ3v) is 12.1. The Balaban J connectivity index is 1.70. The van der Waals surface area contributed by atoms with Gasteiger partial charge in [0.1, 0.15) is 11.6 Å². The number of carbonyl (C=O) groups is 2. The molecule has 2 atom stereocenters. The van der Waals surface area contributed by atoms with Crippen LogP contribution in [0.15, 0.2) is 65.8 Å². The topological polar surface area (TPSA) is 117 Å². The van der Waals surface area contributed by atoms with Crippen LogP contribution >= 0.6 is 0 Å². The summed E-state index contributed by atoms with van der Waals surface area (Å²) in [7, 11) is -2.65. The fraction of sp³-hybridized carbons (Fsp3) is 0.533. The quantitative estimate of drug-likeness (QED) is 0.149. The van der Waals surface area contributed by atoms with Crippen LogP contribution in [0.25, 0.3) is 10.4 Å². The fourth-order valence-electron chi connectivity index (χ4n) is 5.30. The molecule has 1 heterocycles. The highest BCUT2D eigenvalue weighted by Crippen LogP contribution is 2.36. The van der Waals surface area contributed by atoms with Crippen molar-refractivity contribution < 1.29 is 18.8 Å². The zero-order valence-corrected chi connectivity index (χ0v) is 25.6. The van der Waals surface area contributed by atoms with E-state index in [1.54, 1.807) is 20.8 Å². The number of rotatable bonds is 9. The maximum Gasteiger partial charge on any atom is 0.410 e. The summed E-state index contributed by atoms with van der Waals surface area (Å²) in [5.74, 6) is -0.283. The highest BCUT2D eigenvalue weighted by Gasteiger charge is 2.50. The predicted molar refractivity (Wildman–Crippen MR) is 160 cm³/mol. The molecule has 1 N–H and O–H groups in total. The van der Waals surface area contributed by atoms with Crippen LogP contribution in [0.1, 0.15) is 60.8 Å². The van der Waals surface area contributed by atoms with Crippen LogP contribution in [0.2, 0.25) is 5.04 Å². The van der Waals surface area contributed by atoms with Gasteiger partial charge < -0.3 is 14.5 Å². The molecule has 216 valence electrons. The van der Waals surface area contributed by atoms with E-state index in [0.29, 0.717) is 26.0 Å². The molecule has 2 amide bonds. The third-order valence-electron chi connectivity index (χ3n) is 7.08. The smallest absolute Gasteiger partial charge is 0.410 e. The van der Waals surface area contributed by atoms with Gasteiger partial charge in [0.15, 0.2) is 0 Å². The van der Waals surface area contributed by atoms with E-state index in [2.05, 4.69) is 84.6 Å². The highest BCUT2D eigenvalue weighted by atomic mass is 28.4. The van der Waals surface area contributed by atoms with Crippen molar-refractivity contribution in [2.24, 2.45) is 5.11 Å². The van der Waals surface area contributed by atoms with Crippen molar-refractivity contribution in [1.29, 1.82) is 0 Å². The Labute approximate surface area is 239 Å². The van der Waals surface area contributed by atoms with Crippen LogP contribution in [-0.2, 0) is 14.0 Å². The van der Waals surface area contributed by atoms with E-state index in [0.717, 1.165) is 0 Å². The van der Waals surface area contributed by atoms with Crippen LogP contribution in [0.5, 0.6) is 0 Å². The summed E-state index contributed by atoms with van der Waals surface area (Å²) in [6.07, 6.45) is 0.810. The van der Waals surface area contributed by atoms with Crippen LogP contribution in [0, 0.1) is 0 Å². The molecule has 0 aromatic heterocycles. The second kappa shape index (κ2) is 13.3. The highest BCUT2D eigenvalue weighted by molar-refractivity contribution is 6.99. The van der Waals surface area contributed by atoms with Gasteiger partial charge in [0.25, 0.3) is 8.32 Å². The lowest BCUT2D eigenvalue weighted by Crippen LogP contribution is -2.66. The molecular weight excluding hydrogens is 522 g/mol. The molecule has 1 saturated heterocycles. The summed E-state index contributed by atoms with van der Waals surface area (Å²) in [6.45, 7) is 13.2. The normalized spacial score (nSPS) is 18.0. The van der Waals surface area contributed by atoms with Gasteiger partial charge in [-0.1, -0.05) is 86.5 Å². The number of carbonyl (C=O) groups excluding carboxylic acids is 2. The minimum atomic E-state index is -2.65. The first-order valence-corrected chi connectivity index (χ1v) is 15.9. The van der Waals surface area contributed by atoms with Crippen molar-refractivity contribution in [2.75, 3.05) is 19.7 Å². The molecule has 0 saturated carbocycles. The van der Waals surface area contributed by atoms with E-state index in [1.807, 2.05) is 12.1 Å². The van der Waals surface area contributed by atoms with Crippen molar-refractivity contribution in [3.63, 3.8) is 0 Å². The fourth-order valence-corrected chi connectivity index (χ4v) is 9.91. The van der Waals surface area contributed by atoms with Gasteiger partial charge in [-0.25, -0.2) is 4.79 Å². The van der Waals surface area contributed by atoms with E-state index in [1.165, 1.54) is 15.3 Å². The Morgan fingerprint density at radius 1 is 1.02 bits per heavy atom. The molecule has 2 aromatic carbocycles. The maximum absolute atomic E-state index is 13.3. The van der Waals surface area contributed by atoms with Crippen molar-refractivity contribution in [1.82, 2.24) is 10.2 Å². The van der Waals surface area contributed by atoms with Crippen LogP contribution < -0.4 is 15.7 Å². The zero-order valence-electron chi connectivity index (χ0n) is 24.6. The molecule has 9 nitrogen and oxygen atoms in total. The summed E-state index contributed by atoms with van der Waals surface area (Å²) < 4.78 is 12.4. The Kier molecular flexibility index (Phi) is 10.4. The van der Waals surface area contributed by atoms with Crippen molar-refractivity contribution in [3.8, 4) is 0 Å². The number of nitrogens with zero attached hydrogens (tertiary/aromatic N) is 4. The monoisotopic (exact) mass is 565 g/mol. The molecule has 10 heteroatoms. The Hall–Kier alpha value is -3.33. The van der Waals surface area contributed by atoms with E-state index in [4.69, 9.17) is 14.7 Å². The van der Waals surface area contributed by atoms with Crippen molar-refractivity contribution >= 4 is 30.7 Å². The van der Waals surface area contributed by atoms with Gasteiger partial charge >= 0.3 is 6.09 Å². The second-order valence-electron chi connectivity index (χ2n) is 12.2. The SMILES string of the molecule is CC(C)(C)OC(=O)N1CC[C@H](N=[N+]=[N-])C[C@H]1C(=O)NCCCO[Si](c1ccccc1)(c1ccccc1)C(C)(C)C. The number of azide groups is 1. The molecule has 0 spiro atoms. The molecule has 0 aliphatic carbocycles. The third kappa shape index (κ3) is 7.65. The zero-order chi connectivity index (χ0) is 29.4. The lowest BCUT2D eigenvalue weighted by atomic mass is 9.97. The number of piperidine rings is 1. The van der Waals surface area contributed by atoms with E-state index in [9.17, 15) is 9.59 Å². The molecule has 40 heavy (non-hydrogen) atoms. The van der Waals surface area contributed by atoms with Crippen molar-refractivity contribution in [3.05, 3.63) is 71.1 Å². The second-order valence-corrected chi connectivity index (χ2v) is 16.5. The van der Waals surface area contributed by atoms with Crippen LogP contribution in [0.4, 0.5) is 4.79 Å². The van der Waals surface area contributed by atoms with E-state index in [-0.39, 0.29) is 30.0 Å². The number of benzene rings is 2. The molecule has 0 radical (unpaired) electrons. The first-order chi connectivity index (χ1) is 18.9. The summed E-state index contributed by atoms with van der Waals surface area (Å²) in [5.41, 5.74) is 8.22. The minimum absolute atomic E-state index is 0.134. The summed E-state index contributed by atoms with van der Waals surface area (Å²) in [5, 5.41) is 9.07. The molecule has 0 unspecified atom stereocenters. The summed E-state index contributed by atoms with van der Waals surface area (Å²) in [6, 6.07) is 19.8. The number of hydrogen-bond acceptors (Lipinski definition) is 5. The average molecular weight is 566 g/mol. The first kappa shape index (κ1) is 31.2. The lowest BCUT2D eigenvalue weighted by Gasteiger charge is -2.43. The standard InChI is InChI=1S/C30H43N5O4Si/c1-29(2,3)39-28(37)35-20-18-23(33-34-31)22-26(35)27(36)32-19-13-21-38-40(30(4,5)6,24-14-9-7-10-15-24)25-16-11-8-12-17-25/h7-12,14-17,23,26H,13,18-22H2,1-6H3,(H,32,36)/t23-,26-/m0/s1. The Morgan fingerprint density at radius 3 is 2.10 bits per heavy atom. The number of hydrogen-bond donors (Lipinski definition) is 1. The minimum Gasteiger partial charge on any atom is -0.444 e. The molecule has 1 aliphatic heterocycles. The molecule has 1 fully saturated rings. The number of ether oxygens (including phenoxy) is 1. The molecule has 0 bridgehead atoms. The molecule has 1 aliphatic rings. The molecule has 2 aromatic rings. The Morgan fingerprint density at radius 2 is 1.60 bits per heavy atom. The number of amides is 2. The largest absolute Gasteiger partial charge is 0.444 e. The lowest BCUT2D eigenvalue weighted by molar-refractivity contribution is -0.127. The van der Waals surface area contributed by atoms with Gasteiger partial charge in [0.05, 0.1) is 0 Å². The summed E-state index contributed by atoms with van der Waals surface area (Å²) in [4.78, 5) is 30.5. The average Bonchev–Trinajstić information content (AvgIpc) is 2.90. The number of nitrogens with one attached hydrogen (secondary N) is 1. The van der Waals surface area contributed by atoms with Crippen LogP contribution in [0.3, 0.4) is 0 Å². The Bertz CT molecular complexity index is 1130. The molecule has 3 rings (SSSR count). The van der Waals surface area contributed by atoms with Gasteiger partial charge in [0, 0.05) is 30.6 Å². The van der Waals surface area contributed by atoms with Gasteiger partial charge in [0.2, 0.25) is 5.91 Å². The van der Waals surface area contributed by atoms with Gasteiger partial charge in [-0.15, -0.1) is 0 Å². The van der Waals surface area contributed by atoms with Crippen LogP contribution in [-0.4, -0.2) is 62.6 Å². The maximum atomic E-state index is 13.3. The first-order valence-electron chi connectivity index (χ1n) is 14.0. The van der Waals surface area contributed by atoms with Crippen molar-refractivity contribution in [2.45, 2.75) is 83.5 Å². The predicted octanol–water partition coefficient (Wildman–Crippen LogP) is 5.15.